The van der Waals surface area contributed by atoms with Crippen LogP contribution in [-0.2, 0) is 17.1 Å². The molecular weight excluding hydrogens is 440 g/mol. The van der Waals surface area contributed by atoms with Gasteiger partial charge in [-0.25, -0.2) is 8.42 Å². The number of carbonyl (C=O) groups excluding carboxylic acids is 2. The lowest BCUT2D eigenvalue weighted by Crippen LogP contribution is -2.27. The number of rotatable bonds is 6. The molecule has 9 heteroatoms. The number of aromatic nitrogens is 1. The number of nitrogens with zero attached hydrogens (tertiary/aromatic N) is 2. The van der Waals surface area contributed by atoms with Gasteiger partial charge in [0.1, 0.15) is 10.6 Å². The van der Waals surface area contributed by atoms with Gasteiger partial charge in [-0.1, -0.05) is 24.3 Å². The van der Waals surface area contributed by atoms with Crippen molar-refractivity contribution in [1.82, 2.24) is 8.87 Å². The van der Waals surface area contributed by atoms with Crippen LogP contribution in [0.4, 0.5) is 11.4 Å². The Hall–Kier alpha value is -3.43. The van der Waals surface area contributed by atoms with E-state index in [9.17, 15) is 18.0 Å². The summed E-state index contributed by atoms with van der Waals surface area (Å²) in [5.41, 5.74) is 2.55. The summed E-state index contributed by atoms with van der Waals surface area (Å²) < 4.78 is 28.6. The van der Waals surface area contributed by atoms with E-state index in [0.717, 1.165) is 12.8 Å². The van der Waals surface area contributed by atoms with Crippen molar-refractivity contribution in [2.24, 2.45) is 7.05 Å². The van der Waals surface area contributed by atoms with E-state index in [2.05, 4.69) is 10.6 Å². The van der Waals surface area contributed by atoms with Crippen LogP contribution in [0.2, 0.25) is 0 Å². The van der Waals surface area contributed by atoms with Crippen molar-refractivity contribution in [1.29, 1.82) is 0 Å². The van der Waals surface area contributed by atoms with Gasteiger partial charge in [0, 0.05) is 43.3 Å². The molecule has 0 saturated carbocycles. The van der Waals surface area contributed by atoms with E-state index >= 15 is 0 Å². The number of hydrogen-bond donors (Lipinski definition) is 2. The van der Waals surface area contributed by atoms with Gasteiger partial charge in [-0.3, -0.25) is 9.59 Å². The average Bonchev–Trinajstić information content (AvgIpc) is 3.48. The highest BCUT2D eigenvalue weighted by Gasteiger charge is 2.29. The molecule has 0 unspecified atom stereocenters. The second kappa shape index (κ2) is 9.21. The Kier molecular flexibility index (Phi) is 6.35. The normalized spacial score (nSPS) is 14.2. The van der Waals surface area contributed by atoms with Gasteiger partial charge in [-0.05, 0) is 55.7 Å². The second-order valence-electron chi connectivity index (χ2n) is 8.04. The molecule has 8 nitrogen and oxygen atoms in total. The fourth-order valence-electron chi connectivity index (χ4n) is 3.86. The van der Waals surface area contributed by atoms with Crippen molar-refractivity contribution in [3.05, 3.63) is 77.6 Å². The van der Waals surface area contributed by atoms with Gasteiger partial charge in [0.2, 0.25) is 10.0 Å². The zero-order valence-corrected chi connectivity index (χ0v) is 19.4. The van der Waals surface area contributed by atoms with Crippen LogP contribution in [0.5, 0.6) is 0 Å². The summed E-state index contributed by atoms with van der Waals surface area (Å²) in [6, 6.07) is 15.5. The number of anilines is 2. The third kappa shape index (κ3) is 4.69. The summed E-state index contributed by atoms with van der Waals surface area (Å²) in [6.07, 6.45) is 3.15. The van der Waals surface area contributed by atoms with Crippen molar-refractivity contribution in [2.45, 2.75) is 24.7 Å². The van der Waals surface area contributed by atoms with E-state index in [4.69, 9.17) is 0 Å². The van der Waals surface area contributed by atoms with E-state index in [1.165, 1.54) is 21.1 Å². The predicted octanol–water partition coefficient (Wildman–Crippen LogP) is 3.62. The Labute approximate surface area is 193 Å². The SMILES string of the molecule is Cc1c(NC(=O)c2ccccc2)cccc1NC(=O)c1cc(S(=O)(=O)N2CCCC2)cn1C. The van der Waals surface area contributed by atoms with Crippen LogP contribution in [0, 0.1) is 6.92 Å². The highest BCUT2D eigenvalue weighted by molar-refractivity contribution is 7.89. The third-order valence-electron chi connectivity index (χ3n) is 5.78. The van der Waals surface area contributed by atoms with Crippen molar-refractivity contribution in [2.75, 3.05) is 23.7 Å². The van der Waals surface area contributed by atoms with Gasteiger partial charge in [0.05, 0.1) is 0 Å². The molecule has 1 fully saturated rings. The topological polar surface area (TPSA) is 101 Å². The molecule has 2 heterocycles. The largest absolute Gasteiger partial charge is 0.345 e. The number of amides is 2. The van der Waals surface area contributed by atoms with Crippen LogP contribution in [0.25, 0.3) is 0 Å². The van der Waals surface area contributed by atoms with Crippen molar-refractivity contribution >= 4 is 33.2 Å². The molecule has 2 aromatic carbocycles. The lowest BCUT2D eigenvalue weighted by molar-refractivity contribution is 0.101. The maximum atomic E-state index is 13.0. The fourth-order valence-corrected chi connectivity index (χ4v) is 5.44. The maximum absolute atomic E-state index is 13.0. The number of hydrogen-bond acceptors (Lipinski definition) is 4. The highest BCUT2D eigenvalue weighted by atomic mass is 32.2. The Balaban J connectivity index is 1.53. The minimum atomic E-state index is -3.62. The van der Waals surface area contributed by atoms with E-state index in [1.807, 2.05) is 6.07 Å². The van der Waals surface area contributed by atoms with Crippen LogP contribution >= 0.6 is 0 Å². The summed E-state index contributed by atoms with van der Waals surface area (Å²) in [4.78, 5) is 25.6. The van der Waals surface area contributed by atoms with E-state index in [1.54, 1.807) is 56.4 Å². The smallest absolute Gasteiger partial charge is 0.272 e. The quantitative estimate of drug-likeness (QED) is 0.579. The Morgan fingerprint density at radius 3 is 2.12 bits per heavy atom. The first-order valence-corrected chi connectivity index (χ1v) is 12.2. The molecule has 2 amide bonds. The first kappa shape index (κ1) is 22.8. The zero-order valence-electron chi connectivity index (χ0n) is 18.5. The van der Waals surface area contributed by atoms with Crippen LogP contribution in [-0.4, -0.2) is 42.2 Å². The lowest BCUT2D eigenvalue weighted by atomic mass is 10.1. The molecule has 1 aliphatic rings. The molecular formula is C24H26N4O4S. The number of sulfonamides is 1. The zero-order chi connectivity index (χ0) is 23.6. The van der Waals surface area contributed by atoms with Crippen molar-refractivity contribution in [3.63, 3.8) is 0 Å². The number of benzene rings is 2. The van der Waals surface area contributed by atoms with Crippen LogP contribution in [0.1, 0.15) is 39.3 Å². The molecule has 3 aromatic rings. The predicted molar refractivity (Wildman–Crippen MR) is 127 cm³/mol. The molecule has 0 aliphatic carbocycles. The molecule has 0 radical (unpaired) electrons. The molecule has 1 aromatic heterocycles. The van der Waals surface area contributed by atoms with Crippen molar-refractivity contribution < 1.29 is 18.0 Å². The Bertz CT molecular complexity index is 1290. The molecule has 0 spiro atoms. The van der Waals surface area contributed by atoms with E-state index in [0.29, 0.717) is 35.6 Å². The van der Waals surface area contributed by atoms with Gasteiger partial charge >= 0.3 is 0 Å². The molecule has 1 saturated heterocycles. The average molecular weight is 467 g/mol. The van der Waals surface area contributed by atoms with Gasteiger partial charge in [-0.15, -0.1) is 0 Å². The summed E-state index contributed by atoms with van der Waals surface area (Å²) >= 11 is 0. The van der Waals surface area contributed by atoms with Crippen molar-refractivity contribution in [3.8, 4) is 0 Å². The second-order valence-corrected chi connectivity index (χ2v) is 9.97. The molecule has 33 heavy (non-hydrogen) atoms. The molecule has 1 aliphatic heterocycles. The summed E-state index contributed by atoms with van der Waals surface area (Å²) in [6.45, 7) is 2.80. The number of aryl methyl sites for hydroxylation is 1. The fraction of sp³-hybridized carbons (Fsp3) is 0.250. The number of carbonyl (C=O) groups is 2. The van der Waals surface area contributed by atoms with Gasteiger partial charge in [-0.2, -0.15) is 4.31 Å². The minimum Gasteiger partial charge on any atom is -0.345 e. The molecule has 0 atom stereocenters. The van der Waals surface area contributed by atoms with Gasteiger partial charge < -0.3 is 15.2 Å². The number of nitrogens with one attached hydrogen (secondary N) is 2. The first-order valence-electron chi connectivity index (χ1n) is 10.7. The van der Waals surface area contributed by atoms with Crippen LogP contribution in [0.3, 0.4) is 0 Å². The van der Waals surface area contributed by atoms with Gasteiger partial charge in [0.25, 0.3) is 11.8 Å². The summed E-state index contributed by atoms with van der Waals surface area (Å²) in [5, 5.41) is 5.70. The molecule has 172 valence electrons. The Morgan fingerprint density at radius 1 is 0.879 bits per heavy atom. The minimum absolute atomic E-state index is 0.109. The van der Waals surface area contributed by atoms with E-state index in [-0.39, 0.29) is 16.5 Å². The van der Waals surface area contributed by atoms with E-state index < -0.39 is 15.9 Å². The summed E-state index contributed by atoms with van der Waals surface area (Å²) in [7, 11) is -1.98. The lowest BCUT2D eigenvalue weighted by Gasteiger charge is -2.14. The third-order valence-corrected chi connectivity index (χ3v) is 7.65. The van der Waals surface area contributed by atoms with Crippen LogP contribution in [0.15, 0.2) is 65.7 Å². The molecule has 2 N–H and O–H groups in total. The maximum Gasteiger partial charge on any atom is 0.272 e. The van der Waals surface area contributed by atoms with Crippen LogP contribution < -0.4 is 10.6 Å². The van der Waals surface area contributed by atoms with Gasteiger partial charge in [0.15, 0.2) is 0 Å². The standard InChI is InChI=1S/C24H26N4O4S/c1-17-20(25-23(29)18-9-4-3-5-10-18)11-8-12-21(17)26-24(30)22-15-19(16-27(22)2)33(31,32)28-13-6-7-14-28/h3-5,8-12,15-16H,6-7,13-14H2,1-2H3,(H,25,29)(H,26,30). The first-order chi connectivity index (χ1) is 15.8. The molecule has 4 rings (SSSR count). The Morgan fingerprint density at radius 2 is 1.48 bits per heavy atom. The monoisotopic (exact) mass is 466 g/mol. The molecule has 0 bridgehead atoms. The summed E-state index contributed by atoms with van der Waals surface area (Å²) in [5.74, 6) is -0.684. The highest BCUT2D eigenvalue weighted by Crippen LogP contribution is 2.26.